The van der Waals surface area contributed by atoms with Gasteiger partial charge in [0.05, 0.1) is 11.4 Å². The zero-order valence-corrected chi connectivity index (χ0v) is 23.7. The number of hydrogen-bond acceptors (Lipinski definition) is 8. The number of rotatable bonds is 11. The van der Waals surface area contributed by atoms with Gasteiger partial charge < -0.3 is 16.0 Å². The molecule has 2 saturated carbocycles. The Bertz CT molecular complexity index is 1350. The number of likely N-dealkylation sites (N-methyl/N-ethyl adjacent to an activating group) is 1. The number of benzene rings is 1. The minimum atomic E-state index is -0.453. The van der Waals surface area contributed by atoms with E-state index in [9.17, 15) is 9.18 Å². The Morgan fingerprint density at radius 3 is 2.74 bits per heavy atom. The first kappa shape index (κ1) is 27.8. The highest BCUT2D eigenvalue weighted by molar-refractivity contribution is 7.80. The molecule has 2 aromatic heterocycles. The molecular weight excluding hydrogens is 537 g/mol. The van der Waals surface area contributed by atoms with Crippen molar-refractivity contribution in [3.63, 3.8) is 0 Å². The van der Waals surface area contributed by atoms with Gasteiger partial charge in [0.15, 0.2) is 0 Å². The summed E-state index contributed by atoms with van der Waals surface area (Å²) in [5.41, 5.74) is 2.20. The van der Waals surface area contributed by atoms with Crippen LogP contribution in [0.2, 0.25) is 5.02 Å². The summed E-state index contributed by atoms with van der Waals surface area (Å²) in [7, 11) is 1.98. The molecule has 206 valence electrons. The molecule has 0 aliphatic heterocycles. The lowest BCUT2D eigenvalue weighted by molar-refractivity contribution is -0.124. The SMILES string of the molecule is CNCCN(CC1(C)CC1)C1CC(C(=O)Nc2cc(Nc3cc(-c4cc(Cl)ccc4F)nnc3S)ccn2)C1. The zero-order valence-electron chi connectivity index (χ0n) is 22.0. The average molecular weight is 570 g/mol. The first-order chi connectivity index (χ1) is 18.7. The number of hydrogen-bond donors (Lipinski definition) is 4. The smallest absolute Gasteiger partial charge is 0.228 e. The van der Waals surface area contributed by atoms with Crippen molar-refractivity contribution < 1.29 is 9.18 Å². The van der Waals surface area contributed by atoms with E-state index < -0.39 is 5.82 Å². The fourth-order valence-corrected chi connectivity index (χ4v) is 5.21. The fourth-order valence-electron chi connectivity index (χ4n) is 4.87. The number of halogens is 2. The molecule has 0 radical (unpaired) electrons. The quantitative estimate of drug-likeness (QED) is 0.230. The minimum absolute atomic E-state index is 0.0127. The average Bonchev–Trinajstić information content (AvgIpc) is 3.61. The molecule has 5 rings (SSSR count). The van der Waals surface area contributed by atoms with Crippen molar-refractivity contribution in [1.82, 2.24) is 25.4 Å². The van der Waals surface area contributed by atoms with E-state index in [0.29, 0.717) is 44.4 Å². The number of carbonyl (C=O) groups is 1. The molecule has 39 heavy (non-hydrogen) atoms. The van der Waals surface area contributed by atoms with E-state index in [0.717, 1.165) is 32.5 Å². The lowest BCUT2D eigenvalue weighted by atomic mass is 9.78. The summed E-state index contributed by atoms with van der Waals surface area (Å²) in [4.78, 5) is 19.9. The maximum atomic E-state index is 14.4. The lowest BCUT2D eigenvalue weighted by Crippen LogP contribution is -2.51. The Balaban J connectivity index is 1.21. The predicted molar refractivity (Wildman–Crippen MR) is 155 cm³/mol. The topological polar surface area (TPSA) is 95.1 Å². The van der Waals surface area contributed by atoms with Gasteiger partial charge in [-0.25, -0.2) is 9.37 Å². The van der Waals surface area contributed by atoms with Gasteiger partial charge in [-0.05, 0) is 68.5 Å². The molecule has 11 heteroatoms. The zero-order chi connectivity index (χ0) is 27.6. The monoisotopic (exact) mass is 569 g/mol. The second kappa shape index (κ2) is 11.8. The summed E-state index contributed by atoms with van der Waals surface area (Å²) in [5.74, 6) is -0.0391. The van der Waals surface area contributed by atoms with Crippen molar-refractivity contribution in [3.8, 4) is 11.3 Å². The number of pyridine rings is 1. The van der Waals surface area contributed by atoms with Crippen molar-refractivity contribution in [1.29, 1.82) is 0 Å². The molecule has 0 unspecified atom stereocenters. The number of anilines is 3. The van der Waals surface area contributed by atoms with Gasteiger partial charge in [-0.3, -0.25) is 9.69 Å². The number of thiol groups is 1. The molecule has 3 aromatic rings. The van der Waals surface area contributed by atoms with Crippen LogP contribution in [0.4, 0.5) is 21.6 Å². The van der Waals surface area contributed by atoms with Crippen LogP contribution in [0, 0.1) is 17.2 Å². The molecule has 2 aliphatic rings. The normalized spacial score (nSPS) is 19.4. The van der Waals surface area contributed by atoms with E-state index in [1.54, 1.807) is 24.4 Å². The summed E-state index contributed by atoms with van der Waals surface area (Å²) < 4.78 is 14.4. The summed E-state index contributed by atoms with van der Waals surface area (Å²) in [6.45, 7) is 5.41. The van der Waals surface area contributed by atoms with Crippen LogP contribution in [0.5, 0.6) is 0 Å². The van der Waals surface area contributed by atoms with Crippen molar-refractivity contribution in [2.24, 2.45) is 11.3 Å². The molecular formula is C28H33ClFN7OS. The maximum Gasteiger partial charge on any atom is 0.228 e. The Morgan fingerprint density at radius 1 is 1.21 bits per heavy atom. The van der Waals surface area contributed by atoms with Gasteiger partial charge in [-0.15, -0.1) is 22.8 Å². The highest BCUT2D eigenvalue weighted by Crippen LogP contribution is 2.47. The molecule has 0 saturated heterocycles. The second-order valence-corrected chi connectivity index (χ2v) is 11.7. The number of nitrogens with one attached hydrogen (secondary N) is 3. The van der Waals surface area contributed by atoms with E-state index >= 15 is 0 Å². The molecule has 0 bridgehead atoms. The van der Waals surface area contributed by atoms with Crippen LogP contribution >= 0.6 is 24.2 Å². The van der Waals surface area contributed by atoms with Crippen molar-refractivity contribution >= 4 is 47.3 Å². The first-order valence-corrected chi connectivity index (χ1v) is 14.0. The molecule has 1 amide bonds. The summed E-state index contributed by atoms with van der Waals surface area (Å²) in [6.07, 6.45) is 5.91. The summed E-state index contributed by atoms with van der Waals surface area (Å²) >= 11 is 10.4. The third kappa shape index (κ3) is 6.87. The van der Waals surface area contributed by atoms with Gasteiger partial charge >= 0.3 is 0 Å². The fraction of sp³-hybridized carbons (Fsp3) is 0.429. The van der Waals surface area contributed by atoms with Crippen molar-refractivity contribution in [2.45, 2.75) is 43.7 Å². The minimum Gasteiger partial charge on any atom is -0.353 e. The van der Waals surface area contributed by atoms with Gasteiger partial charge in [-0.2, -0.15) is 0 Å². The molecule has 2 heterocycles. The molecule has 8 nitrogen and oxygen atoms in total. The standard InChI is InChI=1S/C28H33ClFN7OS/c1-28(6-7-28)16-37(10-9-31-2)20-11-17(12-20)26(38)34-25-14-19(5-8-32-25)33-24-15-23(35-36-27(24)39)21-13-18(29)3-4-22(21)30/h3-5,8,13-15,17,20,31H,6-7,9-12,16H2,1-2H3,(H,36,39)(H2,32,33,34,35,38). The van der Waals surface area contributed by atoms with Gasteiger partial charge in [0.25, 0.3) is 0 Å². The Labute approximate surface area is 238 Å². The third-order valence-corrected chi connectivity index (χ3v) is 8.17. The Kier molecular flexibility index (Phi) is 8.37. The van der Waals surface area contributed by atoms with Gasteiger partial charge in [0.2, 0.25) is 5.91 Å². The molecule has 0 atom stereocenters. The van der Waals surface area contributed by atoms with E-state index in [-0.39, 0.29) is 17.4 Å². The maximum absolute atomic E-state index is 14.4. The second-order valence-electron chi connectivity index (χ2n) is 10.8. The van der Waals surface area contributed by atoms with E-state index in [1.165, 1.54) is 31.0 Å². The molecule has 2 fully saturated rings. The predicted octanol–water partition coefficient (Wildman–Crippen LogP) is 5.40. The Morgan fingerprint density at radius 2 is 2.00 bits per heavy atom. The van der Waals surface area contributed by atoms with Crippen molar-refractivity contribution in [3.05, 3.63) is 53.4 Å². The van der Waals surface area contributed by atoms with Gasteiger partial charge in [0, 0.05) is 60.1 Å². The van der Waals surface area contributed by atoms with Crippen LogP contribution < -0.4 is 16.0 Å². The van der Waals surface area contributed by atoms with Crippen LogP contribution in [-0.2, 0) is 4.79 Å². The van der Waals surface area contributed by atoms with E-state index in [4.69, 9.17) is 11.6 Å². The van der Waals surface area contributed by atoms with Crippen LogP contribution in [0.1, 0.15) is 32.6 Å². The molecule has 0 spiro atoms. The van der Waals surface area contributed by atoms with Crippen molar-refractivity contribution in [2.75, 3.05) is 37.3 Å². The van der Waals surface area contributed by atoms with Gasteiger partial charge in [0.1, 0.15) is 16.7 Å². The van der Waals surface area contributed by atoms with Crippen LogP contribution in [0.15, 0.2) is 47.6 Å². The van der Waals surface area contributed by atoms with Crippen LogP contribution in [-0.4, -0.2) is 58.7 Å². The summed E-state index contributed by atoms with van der Waals surface area (Å²) in [6, 6.07) is 9.87. The first-order valence-electron chi connectivity index (χ1n) is 13.2. The third-order valence-electron chi connectivity index (χ3n) is 7.61. The largest absolute Gasteiger partial charge is 0.353 e. The Hall–Kier alpha value is -2.79. The van der Waals surface area contributed by atoms with Crippen LogP contribution in [0.3, 0.4) is 0 Å². The van der Waals surface area contributed by atoms with E-state index in [1.807, 2.05) is 7.05 Å². The summed E-state index contributed by atoms with van der Waals surface area (Å²) in [5, 5.41) is 18.3. The molecule has 2 aliphatic carbocycles. The van der Waals surface area contributed by atoms with Crippen LogP contribution in [0.25, 0.3) is 11.3 Å². The van der Waals surface area contributed by atoms with Gasteiger partial charge in [-0.1, -0.05) is 18.5 Å². The number of amides is 1. The number of nitrogens with zero attached hydrogens (tertiary/aromatic N) is 4. The number of aromatic nitrogens is 3. The highest BCUT2D eigenvalue weighted by Gasteiger charge is 2.44. The molecule has 1 aromatic carbocycles. The highest BCUT2D eigenvalue weighted by atomic mass is 35.5. The lowest BCUT2D eigenvalue weighted by Gasteiger charge is -2.43. The van der Waals surface area contributed by atoms with E-state index in [2.05, 4.69) is 55.6 Å². The number of carbonyl (C=O) groups excluding carboxylic acids is 1. The molecule has 3 N–H and O–H groups in total.